The Bertz CT molecular complexity index is 921. The van der Waals surface area contributed by atoms with Gasteiger partial charge >= 0.3 is 0 Å². The molecule has 2 heterocycles. The van der Waals surface area contributed by atoms with Gasteiger partial charge in [0.2, 0.25) is 10.0 Å². The molecule has 29 heavy (non-hydrogen) atoms. The van der Waals surface area contributed by atoms with Gasteiger partial charge in [-0.15, -0.1) is 0 Å². The van der Waals surface area contributed by atoms with E-state index in [2.05, 4.69) is 10.2 Å². The van der Waals surface area contributed by atoms with E-state index in [1.165, 1.54) is 10.4 Å². The number of amides is 1. The van der Waals surface area contributed by atoms with Crippen molar-refractivity contribution in [3.63, 3.8) is 0 Å². The van der Waals surface area contributed by atoms with E-state index in [-0.39, 0.29) is 10.8 Å². The maximum Gasteiger partial charge on any atom is 0.251 e. The summed E-state index contributed by atoms with van der Waals surface area (Å²) in [6.45, 7) is 4.58. The van der Waals surface area contributed by atoms with Crippen LogP contribution in [0, 0.1) is 6.92 Å². The van der Waals surface area contributed by atoms with Crippen LogP contribution >= 0.6 is 11.8 Å². The number of benzene rings is 1. The Morgan fingerprint density at radius 1 is 1.21 bits per heavy atom. The zero-order chi connectivity index (χ0) is 20.9. The summed E-state index contributed by atoms with van der Waals surface area (Å²) >= 11 is 1.66. The fraction of sp³-hybridized carbons (Fsp3) is 0.450. The molecule has 1 aliphatic heterocycles. The number of aryl methyl sites for hydroxylation is 1. The minimum Gasteiger partial charge on any atom is -0.468 e. The normalized spacial score (nSPS) is 16.1. The van der Waals surface area contributed by atoms with Crippen LogP contribution < -0.4 is 5.32 Å². The second kappa shape index (κ2) is 9.80. The molecule has 0 atom stereocenters. The highest BCUT2D eigenvalue weighted by Crippen LogP contribution is 2.22. The molecule has 158 valence electrons. The number of hydrogen-bond donors (Lipinski definition) is 1. The molecule has 0 saturated carbocycles. The van der Waals surface area contributed by atoms with Crippen LogP contribution in [0.15, 0.2) is 45.9 Å². The fourth-order valence-corrected chi connectivity index (χ4v) is 5.52. The van der Waals surface area contributed by atoms with Crippen LogP contribution in [0.3, 0.4) is 0 Å². The molecular weight excluding hydrogens is 410 g/mol. The molecule has 1 N–H and O–H groups in total. The Morgan fingerprint density at radius 2 is 1.97 bits per heavy atom. The summed E-state index contributed by atoms with van der Waals surface area (Å²) in [5.41, 5.74) is 1.01. The smallest absolute Gasteiger partial charge is 0.251 e. The first-order valence-electron chi connectivity index (χ1n) is 9.55. The molecule has 3 rings (SSSR count). The summed E-state index contributed by atoms with van der Waals surface area (Å²) in [7, 11) is -1.64. The van der Waals surface area contributed by atoms with E-state index in [1.54, 1.807) is 37.1 Å². The number of nitrogens with zero attached hydrogens (tertiary/aromatic N) is 2. The third kappa shape index (κ3) is 5.63. The molecule has 2 aromatic rings. The summed E-state index contributed by atoms with van der Waals surface area (Å²) in [5.74, 6) is 2.13. The first-order chi connectivity index (χ1) is 13.9. The van der Waals surface area contributed by atoms with Crippen molar-refractivity contribution < 1.29 is 17.6 Å². The van der Waals surface area contributed by atoms with E-state index in [9.17, 15) is 13.2 Å². The molecule has 1 aromatic heterocycles. The van der Waals surface area contributed by atoms with E-state index < -0.39 is 10.0 Å². The number of furan rings is 1. The van der Waals surface area contributed by atoms with Gasteiger partial charge in [-0.3, -0.25) is 4.79 Å². The van der Waals surface area contributed by atoms with Crippen LogP contribution in [-0.2, 0) is 15.8 Å². The number of piperazine rings is 1. The molecular formula is C20H27N3O4S2. The monoisotopic (exact) mass is 437 g/mol. The molecule has 0 unspecified atom stereocenters. The molecule has 1 aromatic carbocycles. The van der Waals surface area contributed by atoms with E-state index in [1.807, 2.05) is 19.2 Å². The molecule has 1 amide bonds. The van der Waals surface area contributed by atoms with Crippen LogP contribution in [0.1, 0.15) is 21.7 Å². The lowest BCUT2D eigenvalue weighted by atomic mass is 10.1. The second-order valence-corrected chi connectivity index (χ2v) is 10.1. The fourth-order valence-electron chi connectivity index (χ4n) is 3.09. The minimum atomic E-state index is -3.61. The standard InChI is InChI=1S/C20H27N3O4S2/c1-16-5-6-17(20(24)21-7-13-28-15-18-4-3-12-27-18)14-19(16)29(25,26)23-10-8-22(2)9-11-23/h3-6,12,14H,7-11,13,15H2,1-2H3,(H,21,24). The van der Waals surface area contributed by atoms with Crippen LogP contribution in [0.25, 0.3) is 0 Å². The number of sulfonamides is 1. The van der Waals surface area contributed by atoms with Gasteiger partial charge in [-0.25, -0.2) is 8.42 Å². The van der Waals surface area contributed by atoms with Crippen molar-refractivity contribution in [1.82, 2.24) is 14.5 Å². The summed E-state index contributed by atoms with van der Waals surface area (Å²) in [6, 6.07) is 8.63. The number of thioether (sulfide) groups is 1. The highest BCUT2D eigenvalue weighted by molar-refractivity contribution is 7.98. The van der Waals surface area contributed by atoms with Gasteiger partial charge in [0, 0.05) is 44.0 Å². The van der Waals surface area contributed by atoms with Gasteiger partial charge in [-0.2, -0.15) is 16.1 Å². The maximum atomic E-state index is 13.1. The third-order valence-electron chi connectivity index (χ3n) is 4.89. The Kier molecular flexibility index (Phi) is 7.39. The molecule has 1 fully saturated rings. The van der Waals surface area contributed by atoms with Crippen molar-refractivity contribution in [3.8, 4) is 0 Å². The zero-order valence-electron chi connectivity index (χ0n) is 16.8. The Labute approximate surface area is 176 Å². The summed E-state index contributed by atoms with van der Waals surface area (Å²) in [6.07, 6.45) is 1.64. The first-order valence-corrected chi connectivity index (χ1v) is 12.1. The predicted octanol–water partition coefficient (Wildman–Crippen LogP) is 2.19. The number of hydrogen-bond acceptors (Lipinski definition) is 6. The van der Waals surface area contributed by atoms with Crippen molar-refractivity contribution in [3.05, 3.63) is 53.5 Å². The number of rotatable bonds is 8. The van der Waals surface area contributed by atoms with Gasteiger partial charge in [0.1, 0.15) is 5.76 Å². The van der Waals surface area contributed by atoms with Crippen LogP contribution in [0.5, 0.6) is 0 Å². The number of nitrogens with one attached hydrogen (secondary N) is 1. The molecule has 0 spiro atoms. The summed E-state index contributed by atoms with van der Waals surface area (Å²) in [5, 5.41) is 2.86. The number of carbonyl (C=O) groups excluding carboxylic acids is 1. The molecule has 0 radical (unpaired) electrons. The molecule has 0 aliphatic carbocycles. The van der Waals surface area contributed by atoms with Crippen molar-refractivity contribution >= 4 is 27.7 Å². The van der Waals surface area contributed by atoms with Gasteiger partial charge in [-0.05, 0) is 43.8 Å². The number of carbonyl (C=O) groups is 1. The van der Waals surface area contributed by atoms with Gasteiger partial charge in [0.25, 0.3) is 5.91 Å². The van der Waals surface area contributed by atoms with Crippen LogP contribution in [0.2, 0.25) is 0 Å². The van der Waals surface area contributed by atoms with Crippen molar-refractivity contribution in [2.75, 3.05) is 45.5 Å². The third-order valence-corrected chi connectivity index (χ3v) is 7.91. The van der Waals surface area contributed by atoms with E-state index in [0.717, 1.165) is 17.3 Å². The largest absolute Gasteiger partial charge is 0.468 e. The molecule has 0 bridgehead atoms. The lowest BCUT2D eigenvalue weighted by Gasteiger charge is -2.32. The highest BCUT2D eigenvalue weighted by atomic mass is 32.2. The molecule has 7 nitrogen and oxygen atoms in total. The average Bonchev–Trinajstić information content (AvgIpc) is 3.21. The van der Waals surface area contributed by atoms with Gasteiger partial charge in [-0.1, -0.05) is 6.07 Å². The Morgan fingerprint density at radius 3 is 2.66 bits per heavy atom. The van der Waals surface area contributed by atoms with Crippen molar-refractivity contribution in [2.45, 2.75) is 17.6 Å². The van der Waals surface area contributed by atoms with Crippen molar-refractivity contribution in [1.29, 1.82) is 0 Å². The lowest BCUT2D eigenvalue weighted by molar-refractivity contribution is 0.0956. The second-order valence-electron chi connectivity index (χ2n) is 7.08. The quantitative estimate of drug-likeness (QED) is 0.638. The number of likely N-dealkylation sites (N-methyl/N-ethyl adjacent to an activating group) is 1. The van der Waals surface area contributed by atoms with Crippen molar-refractivity contribution in [2.24, 2.45) is 0 Å². The summed E-state index contributed by atoms with van der Waals surface area (Å²) < 4.78 is 32.9. The van der Waals surface area contributed by atoms with E-state index >= 15 is 0 Å². The van der Waals surface area contributed by atoms with Crippen LogP contribution in [-0.4, -0.2) is 69.1 Å². The Hall–Kier alpha value is -1.81. The maximum absolute atomic E-state index is 13.1. The molecule has 9 heteroatoms. The van der Waals surface area contributed by atoms with Gasteiger partial charge < -0.3 is 14.6 Å². The highest BCUT2D eigenvalue weighted by Gasteiger charge is 2.29. The van der Waals surface area contributed by atoms with Gasteiger partial charge in [0.15, 0.2) is 0 Å². The SMILES string of the molecule is Cc1ccc(C(=O)NCCSCc2ccco2)cc1S(=O)(=O)N1CCN(C)CC1. The molecule has 1 aliphatic rings. The predicted molar refractivity (Wildman–Crippen MR) is 115 cm³/mol. The summed E-state index contributed by atoms with van der Waals surface area (Å²) in [4.78, 5) is 14.8. The first kappa shape index (κ1) is 21.9. The Balaban J connectivity index is 1.59. The zero-order valence-corrected chi connectivity index (χ0v) is 18.4. The molecule has 1 saturated heterocycles. The average molecular weight is 438 g/mol. The van der Waals surface area contributed by atoms with E-state index in [4.69, 9.17) is 4.42 Å². The van der Waals surface area contributed by atoms with Crippen LogP contribution in [0.4, 0.5) is 0 Å². The van der Waals surface area contributed by atoms with E-state index in [0.29, 0.717) is 43.9 Å². The lowest BCUT2D eigenvalue weighted by Crippen LogP contribution is -2.47. The van der Waals surface area contributed by atoms with Gasteiger partial charge in [0.05, 0.1) is 16.9 Å². The minimum absolute atomic E-state index is 0.210. The topological polar surface area (TPSA) is 82.9 Å².